The van der Waals surface area contributed by atoms with E-state index in [2.05, 4.69) is 0 Å². The van der Waals surface area contributed by atoms with E-state index in [9.17, 15) is 18.0 Å². The topological polar surface area (TPSA) is 90.0 Å². The van der Waals surface area contributed by atoms with Crippen LogP contribution in [0, 0.1) is 0 Å². The zero-order valence-electron chi connectivity index (χ0n) is 17.5. The van der Waals surface area contributed by atoms with Crippen LogP contribution < -0.4 is 9.04 Å². The van der Waals surface area contributed by atoms with Gasteiger partial charge in [0, 0.05) is 18.2 Å². The van der Waals surface area contributed by atoms with E-state index in [1.165, 1.54) is 10.4 Å². The average molecular weight is 444 g/mol. The summed E-state index contributed by atoms with van der Waals surface area (Å²) in [5, 5.41) is 0. The lowest BCUT2D eigenvalue weighted by molar-refractivity contribution is -0.136. The van der Waals surface area contributed by atoms with Gasteiger partial charge in [0.15, 0.2) is 12.4 Å². The lowest BCUT2D eigenvalue weighted by atomic mass is 10.1. The monoisotopic (exact) mass is 443 g/mol. The lowest BCUT2D eigenvalue weighted by Gasteiger charge is -2.18. The molecule has 0 saturated carbocycles. The Morgan fingerprint density at radius 1 is 1.10 bits per heavy atom. The van der Waals surface area contributed by atoms with Gasteiger partial charge in [-0.2, -0.15) is 0 Å². The number of anilines is 1. The van der Waals surface area contributed by atoms with Crippen molar-refractivity contribution in [3.63, 3.8) is 0 Å². The van der Waals surface area contributed by atoms with E-state index in [4.69, 9.17) is 9.47 Å². The fraction of sp³-hybridized carbons (Fsp3) is 0.304. The molecule has 0 fully saturated rings. The Bertz CT molecular complexity index is 1090. The Morgan fingerprint density at radius 3 is 2.52 bits per heavy atom. The summed E-state index contributed by atoms with van der Waals surface area (Å²) in [4.78, 5) is 24.3. The first kappa shape index (κ1) is 22.6. The molecule has 0 radical (unpaired) electrons. The summed E-state index contributed by atoms with van der Waals surface area (Å²) in [5.74, 6) is -0.198. The van der Waals surface area contributed by atoms with Gasteiger partial charge in [-0.1, -0.05) is 12.1 Å². The fourth-order valence-corrected chi connectivity index (χ4v) is 4.42. The number of Topliss-reactive ketones (excluding diaryl/α,β-unsaturated/α-hetero) is 1. The third-order valence-electron chi connectivity index (χ3n) is 4.90. The number of fused-ring (bicyclic) bond motifs is 1. The van der Waals surface area contributed by atoms with Gasteiger partial charge in [-0.15, -0.1) is 0 Å². The van der Waals surface area contributed by atoms with Crippen LogP contribution in [0.5, 0.6) is 5.75 Å². The average Bonchev–Trinajstić information content (AvgIpc) is 3.21. The predicted octanol–water partition coefficient (Wildman–Crippen LogP) is 3.24. The minimum atomic E-state index is -3.34. The molecule has 2 aromatic carbocycles. The number of rotatable bonds is 9. The highest BCUT2D eigenvalue weighted by atomic mass is 32.2. The van der Waals surface area contributed by atoms with E-state index in [1.807, 2.05) is 19.1 Å². The van der Waals surface area contributed by atoms with Crippen LogP contribution in [0.25, 0.3) is 6.08 Å². The molecule has 1 heterocycles. The van der Waals surface area contributed by atoms with Gasteiger partial charge < -0.3 is 9.47 Å². The molecular formula is C23H25NO6S. The van der Waals surface area contributed by atoms with Gasteiger partial charge in [0.25, 0.3) is 0 Å². The van der Waals surface area contributed by atoms with Gasteiger partial charge >= 0.3 is 5.97 Å². The summed E-state index contributed by atoms with van der Waals surface area (Å²) in [6.45, 7) is 4.07. The molecule has 0 N–H and O–H groups in total. The molecule has 0 saturated heterocycles. The van der Waals surface area contributed by atoms with Crippen molar-refractivity contribution < 1.29 is 27.5 Å². The zero-order chi connectivity index (χ0) is 22.4. The van der Waals surface area contributed by atoms with Crippen LogP contribution in [0.2, 0.25) is 0 Å². The summed E-state index contributed by atoms with van der Waals surface area (Å²) < 4.78 is 36.1. The maximum atomic E-state index is 12.4. The van der Waals surface area contributed by atoms with Gasteiger partial charge in [0.2, 0.25) is 10.0 Å². The Morgan fingerprint density at radius 2 is 1.84 bits per heavy atom. The largest absolute Gasteiger partial charge is 0.494 e. The molecule has 7 nitrogen and oxygen atoms in total. The van der Waals surface area contributed by atoms with Gasteiger partial charge in [-0.05, 0) is 67.8 Å². The molecule has 31 heavy (non-hydrogen) atoms. The third kappa shape index (κ3) is 5.52. The van der Waals surface area contributed by atoms with Crippen LogP contribution in [0.1, 0.15) is 35.3 Å². The van der Waals surface area contributed by atoms with E-state index in [1.54, 1.807) is 43.3 Å². The molecule has 1 aliphatic rings. The number of ketones is 1. The Hall–Kier alpha value is -3.13. The quantitative estimate of drug-likeness (QED) is 0.336. The maximum absolute atomic E-state index is 12.4. The first-order valence-corrected chi connectivity index (χ1v) is 11.7. The van der Waals surface area contributed by atoms with Crippen molar-refractivity contribution in [1.29, 1.82) is 0 Å². The molecule has 1 aliphatic heterocycles. The fourth-order valence-electron chi connectivity index (χ4n) is 3.26. The van der Waals surface area contributed by atoms with Gasteiger partial charge in [-0.3, -0.25) is 9.10 Å². The van der Waals surface area contributed by atoms with Gasteiger partial charge in [0.05, 0.1) is 18.0 Å². The van der Waals surface area contributed by atoms with Crippen LogP contribution in [0.4, 0.5) is 5.69 Å². The molecule has 0 atom stereocenters. The SMILES string of the molecule is CCOc1ccc(/C=C/C(=O)OCC(=O)c2ccc3c(c2)CCN3S(=O)(=O)CC)cc1. The number of hydrogen-bond donors (Lipinski definition) is 0. The van der Waals surface area contributed by atoms with Crippen LogP contribution >= 0.6 is 0 Å². The molecule has 0 amide bonds. The molecule has 0 aliphatic carbocycles. The maximum Gasteiger partial charge on any atom is 0.331 e. The van der Waals surface area contributed by atoms with Crippen molar-refractivity contribution in [3.8, 4) is 5.75 Å². The molecule has 0 spiro atoms. The van der Waals surface area contributed by atoms with Crippen LogP contribution in [-0.4, -0.2) is 45.7 Å². The zero-order valence-corrected chi connectivity index (χ0v) is 18.4. The second-order valence-electron chi connectivity index (χ2n) is 6.93. The van der Waals surface area contributed by atoms with Gasteiger partial charge in [-0.25, -0.2) is 13.2 Å². The normalized spacial score (nSPS) is 13.3. The number of esters is 1. The number of sulfonamides is 1. The minimum absolute atomic E-state index is 0.0211. The van der Waals surface area contributed by atoms with Crippen molar-refractivity contribution in [2.45, 2.75) is 20.3 Å². The van der Waals surface area contributed by atoms with Gasteiger partial charge in [0.1, 0.15) is 5.75 Å². The molecular weight excluding hydrogens is 418 g/mol. The van der Waals surface area contributed by atoms with E-state index < -0.39 is 16.0 Å². The molecule has 0 unspecified atom stereocenters. The van der Waals surface area contributed by atoms with E-state index >= 15 is 0 Å². The standard InChI is InChI=1S/C23H25NO6S/c1-3-29-20-9-5-17(6-10-20)7-12-23(26)30-16-22(25)19-8-11-21-18(15-19)13-14-24(21)31(27,28)4-2/h5-12,15H,3-4,13-14,16H2,1-2H3/b12-7+. The molecule has 8 heteroatoms. The second kappa shape index (κ2) is 9.78. The van der Waals surface area contributed by atoms with Crippen molar-refractivity contribution in [2.24, 2.45) is 0 Å². The highest BCUT2D eigenvalue weighted by Gasteiger charge is 2.28. The minimum Gasteiger partial charge on any atom is -0.494 e. The van der Waals surface area contributed by atoms with Crippen molar-refractivity contribution in [2.75, 3.05) is 29.8 Å². The number of carbonyl (C=O) groups excluding carboxylic acids is 2. The smallest absolute Gasteiger partial charge is 0.331 e. The van der Waals surface area contributed by atoms with Crippen molar-refractivity contribution >= 4 is 33.5 Å². The van der Waals surface area contributed by atoms with Crippen LogP contribution in [0.3, 0.4) is 0 Å². The number of nitrogens with zero attached hydrogens (tertiary/aromatic N) is 1. The number of carbonyl (C=O) groups is 2. The first-order valence-electron chi connectivity index (χ1n) is 10.1. The van der Waals surface area contributed by atoms with Crippen LogP contribution in [0.15, 0.2) is 48.5 Å². The molecule has 0 bridgehead atoms. The highest BCUT2D eigenvalue weighted by Crippen LogP contribution is 2.31. The third-order valence-corrected chi connectivity index (χ3v) is 6.68. The van der Waals surface area contributed by atoms with Crippen molar-refractivity contribution in [3.05, 3.63) is 65.2 Å². The molecule has 3 rings (SSSR count). The summed E-state index contributed by atoms with van der Waals surface area (Å²) in [6, 6.07) is 12.1. The Kier molecular flexibility index (Phi) is 7.12. The van der Waals surface area contributed by atoms with E-state index in [0.717, 1.165) is 16.9 Å². The summed E-state index contributed by atoms with van der Waals surface area (Å²) in [7, 11) is -3.34. The summed E-state index contributed by atoms with van der Waals surface area (Å²) in [5.41, 5.74) is 2.59. The number of benzene rings is 2. The molecule has 164 valence electrons. The Labute approximate surface area is 182 Å². The lowest BCUT2D eigenvalue weighted by Crippen LogP contribution is -2.30. The van der Waals surface area contributed by atoms with Crippen LogP contribution in [-0.2, 0) is 26.0 Å². The highest BCUT2D eigenvalue weighted by molar-refractivity contribution is 7.92. The first-order chi connectivity index (χ1) is 14.8. The Balaban J connectivity index is 1.57. The van der Waals surface area contributed by atoms with Crippen molar-refractivity contribution in [1.82, 2.24) is 0 Å². The molecule has 2 aromatic rings. The summed E-state index contributed by atoms with van der Waals surface area (Å²) >= 11 is 0. The predicted molar refractivity (Wildman–Crippen MR) is 119 cm³/mol. The van der Waals surface area contributed by atoms with E-state index in [-0.39, 0.29) is 18.1 Å². The van der Waals surface area contributed by atoms with E-state index in [0.29, 0.717) is 30.8 Å². The number of hydrogen-bond acceptors (Lipinski definition) is 6. The summed E-state index contributed by atoms with van der Waals surface area (Å²) in [6.07, 6.45) is 3.40. The number of ether oxygens (including phenoxy) is 2. The molecule has 0 aromatic heterocycles. The second-order valence-corrected chi connectivity index (χ2v) is 9.11.